The number of para-hydroxylation sites is 1. The summed E-state index contributed by atoms with van der Waals surface area (Å²) >= 11 is 0. The van der Waals surface area contributed by atoms with E-state index >= 15 is 0 Å². The molecule has 0 aliphatic heterocycles. The zero-order valence-corrected chi connectivity index (χ0v) is 16.0. The van der Waals surface area contributed by atoms with E-state index in [0.717, 1.165) is 22.3 Å². The number of nitriles is 1. The molecule has 0 saturated carbocycles. The highest BCUT2D eigenvalue weighted by Crippen LogP contribution is 2.36. The third-order valence-electron chi connectivity index (χ3n) is 4.84. The third-order valence-corrected chi connectivity index (χ3v) is 4.84. The van der Waals surface area contributed by atoms with Gasteiger partial charge in [0, 0.05) is 16.7 Å². The summed E-state index contributed by atoms with van der Waals surface area (Å²) in [6.45, 7) is 0. The van der Waals surface area contributed by atoms with E-state index in [-0.39, 0.29) is 5.82 Å². The first-order valence-corrected chi connectivity index (χ1v) is 9.21. The van der Waals surface area contributed by atoms with Crippen molar-refractivity contribution >= 4 is 5.82 Å². The standard InChI is InChI=1S/C25H19N3O/c1-29-24-10-6-5-9-20(24)21-15-23(28-25(27)22(21)16-26)19-13-11-18(12-14-19)17-7-3-2-4-8-17/h2-15H,1H3,(H2,27,28). The molecule has 1 heterocycles. The van der Waals surface area contributed by atoms with Crippen LogP contribution in [-0.4, -0.2) is 12.1 Å². The van der Waals surface area contributed by atoms with Crippen LogP contribution in [0.3, 0.4) is 0 Å². The Labute approximate surface area is 169 Å². The van der Waals surface area contributed by atoms with Crippen LogP contribution in [-0.2, 0) is 0 Å². The summed E-state index contributed by atoms with van der Waals surface area (Å²) in [6, 6.07) is 30.0. The molecular formula is C25H19N3O. The monoisotopic (exact) mass is 377 g/mol. The van der Waals surface area contributed by atoms with Crippen molar-refractivity contribution in [3.05, 3.63) is 90.5 Å². The number of hydrogen-bond acceptors (Lipinski definition) is 4. The lowest BCUT2D eigenvalue weighted by Gasteiger charge is -2.13. The van der Waals surface area contributed by atoms with Gasteiger partial charge in [-0.25, -0.2) is 4.98 Å². The van der Waals surface area contributed by atoms with Gasteiger partial charge in [-0.2, -0.15) is 5.26 Å². The molecular weight excluding hydrogens is 358 g/mol. The SMILES string of the molecule is COc1ccccc1-c1cc(-c2ccc(-c3ccccc3)cc2)nc(N)c1C#N. The fraction of sp³-hybridized carbons (Fsp3) is 0.0400. The molecule has 0 fully saturated rings. The van der Waals surface area contributed by atoms with Gasteiger partial charge in [0.05, 0.1) is 12.8 Å². The minimum atomic E-state index is 0.207. The Morgan fingerprint density at radius 2 is 1.41 bits per heavy atom. The minimum Gasteiger partial charge on any atom is -0.496 e. The molecule has 4 nitrogen and oxygen atoms in total. The Hall–Kier alpha value is -4.10. The van der Waals surface area contributed by atoms with Crippen molar-refractivity contribution in [3.8, 4) is 45.3 Å². The number of ether oxygens (including phenoxy) is 1. The summed E-state index contributed by atoms with van der Waals surface area (Å²) in [5.74, 6) is 0.887. The van der Waals surface area contributed by atoms with Crippen LogP contribution in [0.25, 0.3) is 33.5 Å². The van der Waals surface area contributed by atoms with Gasteiger partial charge in [0.15, 0.2) is 0 Å². The number of nitrogen functional groups attached to an aromatic ring is 1. The minimum absolute atomic E-state index is 0.207. The lowest BCUT2D eigenvalue weighted by Crippen LogP contribution is -2.00. The van der Waals surface area contributed by atoms with Crippen molar-refractivity contribution in [1.29, 1.82) is 5.26 Å². The van der Waals surface area contributed by atoms with Crippen LogP contribution in [0, 0.1) is 11.3 Å². The van der Waals surface area contributed by atoms with Gasteiger partial charge < -0.3 is 10.5 Å². The highest BCUT2D eigenvalue weighted by molar-refractivity contribution is 5.83. The van der Waals surface area contributed by atoms with Crippen LogP contribution in [0.2, 0.25) is 0 Å². The predicted octanol–water partition coefficient (Wildman–Crippen LogP) is 5.55. The molecule has 140 valence electrons. The molecule has 0 amide bonds. The molecule has 1 aromatic heterocycles. The van der Waals surface area contributed by atoms with Gasteiger partial charge in [-0.1, -0.05) is 72.8 Å². The molecule has 0 radical (unpaired) electrons. The molecule has 0 bridgehead atoms. The van der Waals surface area contributed by atoms with Crippen LogP contribution in [0.5, 0.6) is 5.75 Å². The van der Waals surface area contributed by atoms with E-state index in [0.29, 0.717) is 22.6 Å². The maximum atomic E-state index is 9.64. The lowest BCUT2D eigenvalue weighted by molar-refractivity contribution is 0.416. The Balaban J connectivity index is 1.82. The average molecular weight is 377 g/mol. The van der Waals surface area contributed by atoms with E-state index < -0.39 is 0 Å². The van der Waals surface area contributed by atoms with Gasteiger partial charge in [-0.3, -0.25) is 0 Å². The second-order valence-corrected chi connectivity index (χ2v) is 6.57. The Morgan fingerprint density at radius 1 is 0.793 bits per heavy atom. The van der Waals surface area contributed by atoms with Gasteiger partial charge in [-0.15, -0.1) is 0 Å². The van der Waals surface area contributed by atoms with E-state index in [1.54, 1.807) is 7.11 Å². The first-order chi connectivity index (χ1) is 14.2. The molecule has 0 aliphatic rings. The number of benzene rings is 3. The zero-order chi connectivity index (χ0) is 20.2. The Morgan fingerprint density at radius 3 is 2.10 bits per heavy atom. The third kappa shape index (κ3) is 3.54. The predicted molar refractivity (Wildman–Crippen MR) is 116 cm³/mol. The van der Waals surface area contributed by atoms with Crippen LogP contribution in [0.4, 0.5) is 5.82 Å². The summed E-state index contributed by atoms with van der Waals surface area (Å²) in [4.78, 5) is 4.47. The number of methoxy groups -OCH3 is 1. The first-order valence-electron chi connectivity index (χ1n) is 9.21. The fourth-order valence-corrected chi connectivity index (χ4v) is 3.37. The quantitative estimate of drug-likeness (QED) is 0.506. The first kappa shape index (κ1) is 18.3. The average Bonchev–Trinajstić information content (AvgIpc) is 2.79. The molecule has 0 spiro atoms. The fourth-order valence-electron chi connectivity index (χ4n) is 3.37. The zero-order valence-electron chi connectivity index (χ0n) is 16.0. The van der Waals surface area contributed by atoms with Gasteiger partial charge in [0.2, 0.25) is 0 Å². The normalized spacial score (nSPS) is 10.3. The number of pyridine rings is 1. The highest BCUT2D eigenvalue weighted by Gasteiger charge is 2.16. The molecule has 29 heavy (non-hydrogen) atoms. The summed E-state index contributed by atoms with van der Waals surface area (Å²) < 4.78 is 5.48. The highest BCUT2D eigenvalue weighted by atomic mass is 16.5. The number of hydrogen-bond donors (Lipinski definition) is 1. The van der Waals surface area contributed by atoms with Gasteiger partial charge in [-0.05, 0) is 23.3 Å². The second kappa shape index (κ2) is 7.87. The van der Waals surface area contributed by atoms with Crippen molar-refractivity contribution in [2.75, 3.05) is 12.8 Å². The van der Waals surface area contributed by atoms with Crippen molar-refractivity contribution in [1.82, 2.24) is 4.98 Å². The summed E-state index contributed by atoms with van der Waals surface area (Å²) in [7, 11) is 1.61. The number of rotatable bonds is 4. The summed E-state index contributed by atoms with van der Waals surface area (Å²) in [6.07, 6.45) is 0. The second-order valence-electron chi connectivity index (χ2n) is 6.57. The van der Waals surface area contributed by atoms with E-state index in [4.69, 9.17) is 10.5 Å². The molecule has 4 heteroatoms. The number of nitrogens with two attached hydrogens (primary N) is 1. The smallest absolute Gasteiger partial charge is 0.142 e. The summed E-state index contributed by atoms with van der Waals surface area (Å²) in [5.41, 5.74) is 11.9. The molecule has 2 N–H and O–H groups in total. The van der Waals surface area contributed by atoms with E-state index in [1.807, 2.05) is 60.7 Å². The molecule has 4 rings (SSSR count). The largest absolute Gasteiger partial charge is 0.496 e. The van der Waals surface area contributed by atoms with E-state index in [2.05, 4.69) is 35.3 Å². The lowest BCUT2D eigenvalue weighted by atomic mass is 9.97. The van der Waals surface area contributed by atoms with E-state index in [9.17, 15) is 5.26 Å². The number of nitrogens with zero attached hydrogens (tertiary/aromatic N) is 2. The maximum absolute atomic E-state index is 9.64. The summed E-state index contributed by atoms with van der Waals surface area (Å²) in [5, 5.41) is 9.64. The van der Waals surface area contributed by atoms with Crippen molar-refractivity contribution in [3.63, 3.8) is 0 Å². The van der Waals surface area contributed by atoms with Gasteiger partial charge in [0.25, 0.3) is 0 Å². The molecule has 3 aromatic carbocycles. The van der Waals surface area contributed by atoms with Crippen LogP contribution < -0.4 is 10.5 Å². The van der Waals surface area contributed by atoms with Crippen molar-refractivity contribution in [2.24, 2.45) is 0 Å². The Kier molecular flexibility index (Phi) is 4.96. The number of aromatic nitrogens is 1. The molecule has 0 saturated heterocycles. The Bertz CT molecular complexity index is 1190. The molecule has 0 atom stereocenters. The van der Waals surface area contributed by atoms with Crippen LogP contribution in [0.15, 0.2) is 84.9 Å². The van der Waals surface area contributed by atoms with Crippen LogP contribution in [0.1, 0.15) is 5.56 Å². The number of anilines is 1. The van der Waals surface area contributed by atoms with Crippen molar-refractivity contribution in [2.45, 2.75) is 0 Å². The van der Waals surface area contributed by atoms with Gasteiger partial charge >= 0.3 is 0 Å². The van der Waals surface area contributed by atoms with Gasteiger partial charge in [0.1, 0.15) is 23.2 Å². The molecule has 0 unspecified atom stereocenters. The topological polar surface area (TPSA) is 71.9 Å². The van der Waals surface area contributed by atoms with Crippen molar-refractivity contribution < 1.29 is 4.74 Å². The maximum Gasteiger partial charge on any atom is 0.142 e. The molecule has 4 aromatic rings. The van der Waals surface area contributed by atoms with Crippen LogP contribution >= 0.6 is 0 Å². The molecule has 0 aliphatic carbocycles. The van der Waals surface area contributed by atoms with E-state index in [1.165, 1.54) is 0 Å².